The number of fused-ring (bicyclic) bond motifs is 2. The Hall–Kier alpha value is -2.85. The molecule has 2 aromatic rings. The van der Waals surface area contributed by atoms with Crippen LogP contribution < -0.4 is 14.4 Å². The highest BCUT2D eigenvalue weighted by atomic mass is 35.5. The van der Waals surface area contributed by atoms with E-state index in [0.717, 1.165) is 74.7 Å². The molecule has 1 saturated carbocycles. The monoisotopic (exact) mass is 712 g/mol. The number of carbonyl (C=O) groups is 1. The van der Waals surface area contributed by atoms with Gasteiger partial charge in [0.05, 0.1) is 23.1 Å². The van der Waals surface area contributed by atoms with Gasteiger partial charge in [0.2, 0.25) is 10.0 Å². The SMILES string of the molecule is C=CC[C@H](C)[C@H](C[C@@H]1CCO1)S(=O)(=O)NC(=O)c1ccc2c(c1)N(C[C@@H]1CC[C@H]1[C@@H](O)/C=C/CCC)CCCCc1cc(Cl)ccc1CO2. The Bertz CT molecular complexity index is 1580. The summed E-state index contributed by atoms with van der Waals surface area (Å²) in [5.74, 6) is 0.159. The van der Waals surface area contributed by atoms with Crippen LogP contribution in [0, 0.1) is 17.8 Å². The van der Waals surface area contributed by atoms with E-state index in [2.05, 4.69) is 29.2 Å². The van der Waals surface area contributed by atoms with E-state index in [4.69, 9.17) is 21.1 Å². The summed E-state index contributed by atoms with van der Waals surface area (Å²) in [6.07, 6.45) is 13.4. The number of nitrogens with zero attached hydrogens (tertiary/aromatic N) is 1. The normalized spacial score (nSPS) is 23.0. The fourth-order valence-electron chi connectivity index (χ4n) is 7.25. The predicted octanol–water partition coefficient (Wildman–Crippen LogP) is 7.62. The van der Waals surface area contributed by atoms with Gasteiger partial charge in [-0.1, -0.05) is 56.2 Å². The quantitative estimate of drug-likeness (QED) is 0.194. The van der Waals surface area contributed by atoms with Gasteiger partial charge in [-0.3, -0.25) is 4.79 Å². The summed E-state index contributed by atoms with van der Waals surface area (Å²) < 4.78 is 41.9. The Balaban J connectivity index is 1.42. The van der Waals surface area contributed by atoms with Crippen LogP contribution in [0.2, 0.25) is 5.02 Å². The van der Waals surface area contributed by atoms with E-state index in [1.54, 1.807) is 24.3 Å². The van der Waals surface area contributed by atoms with Crippen molar-refractivity contribution in [1.29, 1.82) is 0 Å². The molecule has 0 aromatic heterocycles. The molecule has 10 heteroatoms. The molecule has 2 aromatic carbocycles. The van der Waals surface area contributed by atoms with Crippen LogP contribution in [0.5, 0.6) is 5.75 Å². The first-order chi connectivity index (χ1) is 23.6. The first kappa shape index (κ1) is 37.4. The summed E-state index contributed by atoms with van der Waals surface area (Å²) in [6, 6.07) is 11.1. The van der Waals surface area contributed by atoms with Crippen LogP contribution in [0.3, 0.4) is 0 Å². The van der Waals surface area contributed by atoms with Gasteiger partial charge in [-0.25, -0.2) is 13.1 Å². The molecule has 1 aliphatic carbocycles. The number of sulfonamides is 1. The molecule has 6 atom stereocenters. The van der Waals surface area contributed by atoms with Crippen molar-refractivity contribution in [2.75, 3.05) is 24.6 Å². The molecule has 268 valence electrons. The van der Waals surface area contributed by atoms with Crippen LogP contribution in [-0.2, 0) is 27.8 Å². The number of hydrogen-bond donors (Lipinski definition) is 2. The third kappa shape index (κ3) is 9.69. The van der Waals surface area contributed by atoms with Crippen LogP contribution >= 0.6 is 11.6 Å². The van der Waals surface area contributed by atoms with E-state index in [1.807, 2.05) is 31.2 Å². The zero-order valence-electron chi connectivity index (χ0n) is 29.0. The second-order valence-electron chi connectivity index (χ2n) is 14.0. The molecule has 1 saturated heterocycles. The summed E-state index contributed by atoms with van der Waals surface area (Å²) in [7, 11) is -4.02. The largest absolute Gasteiger partial charge is 0.487 e. The summed E-state index contributed by atoms with van der Waals surface area (Å²) in [5, 5.41) is 10.9. The summed E-state index contributed by atoms with van der Waals surface area (Å²) in [6.45, 7) is 10.2. The number of aryl methyl sites for hydroxylation is 1. The van der Waals surface area contributed by atoms with Gasteiger partial charge < -0.3 is 19.5 Å². The number of halogens is 1. The molecule has 5 rings (SSSR count). The van der Waals surface area contributed by atoms with E-state index in [9.17, 15) is 18.3 Å². The van der Waals surface area contributed by atoms with Gasteiger partial charge in [0.25, 0.3) is 5.91 Å². The van der Waals surface area contributed by atoms with Crippen molar-refractivity contribution in [3.05, 3.63) is 82.9 Å². The molecule has 0 bridgehead atoms. The molecule has 0 spiro atoms. The van der Waals surface area contributed by atoms with Gasteiger partial charge in [0.15, 0.2) is 0 Å². The Morgan fingerprint density at radius 3 is 2.67 bits per heavy atom. The summed E-state index contributed by atoms with van der Waals surface area (Å²) in [5.41, 5.74) is 3.23. The first-order valence-electron chi connectivity index (χ1n) is 18.0. The first-order valence-corrected chi connectivity index (χ1v) is 19.9. The lowest BCUT2D eigenvalue weighted by Gasteiger charge is -2.42. The molecule has 8 nitrogen and oxygen atoms in total. The number of benzene rings is 2. The van der Waals surface area contributed by atoms with Gasteiger partial charge in [0.1, 0.15) is 12.4 Å². The Morgan fingerprint density at radius 1 is 1.16 bits per heavy atom. The lowest BCUT2D eigenvalue weighted by Crippen LogP contribution is -2.45. The van der Waals surface area contributed by atoms with E-state index in [-0.39, 0.29) is 29.4 Å². The number of allylic oxidation sites excluding steroid dienone is 2. The standard InChI is InChI=1S/C39H53ClN2O6S/c1-4-6-7-12-36(43)34-17-14-30(34)25-42-20-9-8-11-28-22-32(40)16-13-31(28)26-48-37-18-15-29(23-35(37)42)39(44)41-49(45,46)38(27(3)10-5-2)24-33-19-21-47-33/h5,7,12-13,15-16,18,22-23,27,30,33-34,36,38,43H,2,4,6,8-11,14,17,19-21,24-26H2,1,3H3,(H,41,44)/b12-7+/t27-,30-,33-,34+,36-,38-/m0/s1. The fraction of sp³-hybridized carbons (Fsp3) is 0.564. The minimum Gasteiger partial charge on any atom is -0.487 e. The molecule has 0 radical (unpaired) electrons. The highest BCUT2D eigenvalue weighted by Gasteiger charge is 2.38. The molecule has 3 aliphatic rings. The van der Waals surface area contributed by atoms with Crippen LogP contribution in [-0.4, -0.2) is 56.6 Å². The lowest BCUT2D eigenvalue weighted by atomic mass is 9.70. The second kappa shape index (κ2) is 17.4. The van der Waals surface area contributed by atoms with Crippen LogP contribution in [0.4, 0.5) is 5.69 Å². The zero-order chi connectivity index (χ0) is 35.0. The van der Waals surface area contributed by atoms with E-state index < -0.39 is 27.3 Å². The average Bonchev–Trinajstić information content (AvgIpc) is 3.05. The molecule has 2 fully saturated rings. The molecule has 2 heterocycles. The van der Waals surface area contributed by atoms with Crippen molar-refractivity contribution in [1.82, 2.24) is 4.72 Å². The van der Waals surface area contributed by atoms with Gasteiger partial charge in [0, 0.05) is 30.3 Å². The number of anilines is 1. The number of carbonyl (C=O) groups excluding carboxylic acids is 1. The number of unbranched alkanes of at least 4 members (excludes halogenated alkanes) is 1. The average molecular weight is 713 g/mol. The van der Waals surface area contributed by atoms with Crippen molar-refractivity contribution in [3.63, 3.8) is 0 Å². The Labute approximate surface area is 298 Å². The molecule has 2 aliphatic heterocycles. The van der Waals surface area contributed by atoms with Crippen molar-refractivity contribution in [2.45, 2.75) is 102 Å². The number of aliphatic hydroxyl groups excluding tert-OH is 1. The van der Waals surface area contributed by atoms with E-state index >= 15 is 0 Å². The third-order valence-corrected chi connectivity index (χ3v) is 12.7. The third-order valence-electron chi connectivity index (χ3n) is 10.5. The van der Waals surface area contributed by atoms with Crippen molar-refractivity contribution < 1.29 is 27.8 Å². The van der Waals surface area contributed by atoms with Gasteiger partial charge in [-0.05, 0) is 117 Å². The number of ether oxygens (including phenoxy) is 2. The second-order valence-corrected chi connectivity index (χ2v) is 16.4. The van der Waals surface area contributed by atoms with Gasteiger partial charge >= 0.3 is 0 Å². The maximum absolute atomic E-state index is 13.7. The molecule has 1 amide bonds. The highest BCUT2D eigenvalue weighted by Crippen LogP contribution is 2.41. The maximum Gasteiger partial charge on any atom is 0.264 e. The van der Waals surface area contributed by atoms with E-state index in [1.165, 1.54) is 0 Å². The smallest absolute Gasteiger partial charge is 0.264 e. The zero-order valence-corrected chi connectivity index (χ0v) is 30.6. The number of nitrogens with one attached hydrogen (secondary N) is 1. The lowest BCUT2D eigenvalue weighted by molar-refractivity contribution is -0.0563. The van der Waals surface area contributed by atoms with Crippen LogP contribution in [0.15, 0.2) is 61.2 Å². The van der Waals surface area contributed by atoms with Crippen molar-refractivity contribution in [3.8, 4) is 5.75 Å². The van der Waals surface area contributed by atoms with Crippen molar-refractivity contribution >= 4 is 33.2 Å². The number of amides is 1. The van der Waals surface area contributed by atoms with Crippen molar-refractivity contribution in [2.24, 2.45) is 17.8 Å². The van der Waals surface area contributed by atoms with Gasteiger partial charge in [-0.2, -0.15) is 0 Å². The van der Waals surface area contributed by atoms with Crippen LogP contribution in [0.25, 0.3) is 0 Å². The van der Waals surface area contributed by atoms with Gasteiger partial charge in [-0.15, -0.1) is 6.58 Å². The Morgan fingerprint density at radius 2 is 1.98 bits per heavy atom. The molecule has 2 N–H and O–H groups in total. The minimum absolute atomic E-state index is 0.125. The molecule has 49 heavy (non-hydrogen) atoms. The number of rotatable bonds is 14. The summed E-state index contributed by atoms with van der Waals surface area (Å²) >= 11 is 6.35. The minimum atomic E-state index is -4.02. The topological polar surface area (TPSA) is 105 Å². The fourth-order valence-corrected chi connectivity index (χ4v) is 9.16. The number of aliphatic hydroxyl groups is 1. The number of hydrogen-bond acceptors (Lipinski definition) is 7. The molecular weight excluding hydrogens is 660 g/mol. The highest BCUT2D eigenvalue weighted by molar-refractivity contribution is 7.90. The predicted molar refractivity (Wildman–Crippen MR) is 197 cm³/mol. The van der Waals surface area contributed by atoms with Crippen LogP contribution in [0.1, 0.15) is 93.1 Å². The molecule has 0 unspecified atom stereocenters. The maximum atomic E-state index is 13.7. The summed E-state index contributed by atoms with van der Waals surface area (Å²) in [4.78, 5) is 16.0. The van der Waals surface area contributed by atoms with E-state index in [0.29, 0.717) is 43.4 Å². The molecular formula is C39H53ClN2O6S. The Kier molecular flexibility index (Phi) is 13.3.